The molecule has 1 unspecified atom stereocenters. The number of carbonyl (C=O) groups excluding carboxylic acids is 1. The number of hydrogen-bond acceptors (Lipinski definition) is 8. The first-order valence-electron chi connectivity index (χ1n) is 12.1. The SMILES string of the molecule is Cc1c(-c2ncco2)sc2c1C(=O)N(C(C)(C)C(=O)O)C(O)N2C[C@H](Oc1ccc(F)cc1)c1ccccc1. The lowest BCUT2D eigenvalue weighted by molar-refractivity contribution is -0.154. The highest BCUT2D eigenvalue weighted by atomic mass is 32.1. The zero-order valence-corrected chi connectivity index (χ0v) is 22.2. The Morgan fingerprint density at radius 3 is 2.51 bits per heavy atom. The predicted molar refractivity (Wildman–Crippen MR) is 142 cm³/mol. The van der Waals surface area contributed by atoms with Crippen molar-refractivity contribution in [2.45, 2.75) is 38.8 Å². The maximum absolute atomic E-state index is 13.8. The van der Waals surface area contributed by atoms with Gasteiger partial charge in [0, 0.05) is 0 Å². The average Bonchev–Trinajstić information content (AvgIpc) is 3.55. The number of aliphatic hydroxyl groups is 1. The maximum atomic E-state index is 13.8. The quantitative estimate of drug-likeness (QED) is 0.312. The molecule has 5 rings (SSSR count). The number of oxazole rings is 1. The Hall–Kier alpha value is -4.22. The van der Waals surface area contributed by atoms with Crippen molar-refractivity contribution in [3.63, 3.8) is 0 Å². The minimum Gasteiger partial charge on any atom is -0.484 e. The van der Waals surface area contributed by atoms with E-state index in [2.05, 4.69) is 4.98 Å². The number of aromatic nitrogens is 1. The molecular weight excluding hydrogens is 525 g/mol. The van der Waals surface area contributed by atoms with Crippen molar-refractivity contribution in [1.29, 1.82) is 0 Å². The van der Waals surface area contributed by atoms with Crippen LogP contribution < -0.4 is 9.64 Å². The van der Waals surface area contributed by atoms with Crippen LogP contribution in [-0.2, 0) is 4.79 Å². The van der Waals surface area contributed by atoms with E-state index in [0.29, 0.717) is 27.1 Å². The van der Waals surface area contributed by atoms with Gasteiger partial charge in [0.15, 0.2) is 0 Å². The fourth-order valence-electron chi connectivity index (χ4n) is 4.52. The smallest absolute Gasteiger partial charge is 0.329 e. The molecule has 2 N–H and O–H groups in total. The molecule has 9 nitrogen and oxygen atoms in total. The van der Waals surface area contributed by atoms with Crippen LogP contribution in [0.15, 0.2) is 71.5 Å². The molecule has 1 aliphatic rings. The summed E-state index contributed by atoms with van der Waals surface area (Å²) in [6, 6.07) is 14.8. The fraction of sp³-hybridized carbons (Fsp3) is 0.250. The minimum absolute atomic E-state index is 0.0278. The van der Waals surface area contributed by atoms with E-state index in [1.54, 1.807) is 11.8 Å². The maximum Gasteiger partial charge on any atom is 0.329 e. The van der Waals surface area contributed by atoms with E-state index in [9.17, 15) is 24.2 Å². The molecule has 4 aromatic rings. The molecule has 0 spiro atoms. The highest BCUT2D eigenvalue weighted by Gasteiger charge is 2.50. The van der Waals surface area contributed by atoms with E-state index in [1.807, 2.05) is 30.3 Å². The lowest BCUT2D eigenvalue weighted by atomic mass is 9.98. The third-order valence-electron chi connectivity index (χ3n) is 6.71. The summed E-state index contributed by atoms with van der Waals surface area (Å²) in [4.78, 5) is 33.3. The van der Waals surface area contributed by atoms with Crippen LogP contribution in [0.25, 0.3) is 10.8 Å². The number of rotatable bonds is 8. The first-order chi connectivity index (χ1) is 18.6. The molecule has 2 aromatic carbocycles. The standard InChI is InChI=1S/C28H26FN3O6S/c1-16-21-24(33)32(28(2,3)26(34)35)27(36)31(25(21)39-22(16)23-30-13-14-37-23)15-20(17-7-5-4-6-8-17)38-19-11-9-18(29)10-12-19/h4-14,20,27,36H,15H2,1-3H3,(H,34,35)/t20-,27?/m0/s1. The molecule has 0 fully saturated rings. The molecule has 0 bridgehead atoms. The van der Waals surface area contributed by atoms with E-state index in [4.69, 9.17) is 9.15 Å². The highest BCUT2D eigenvalue weighted by molar-refractivity contribution is 7.20. The number of aliphatic carboxylic acids is 1. The van der Waals surface area contributed by atoms with Gasteiger partial charge in [0.2, 0.25) is 12.2 Å². The normalized spacial score (nSPS) is 16.2. The number of amides is 1. The largest absolute Gasteiger partial charge is 0.484 e. The minimum atomic E-state index is -1.75. The Morgan fingerprint density at radius 2 is 1.90 bits per heavy atom. The Morgan fingerprint density at radius 1 is 1.21 bits per heavy atom. The van der Waals surface area contributed by atoms with E-state index >= 15 is 0 Å². The molecule has 2 aromatic heterocycles. The Labute approximate surface area is 227 Å². The number of hydrogen-bond donors (Lipinski definition) is 2. The molecule has 11 heteroatoms. The summed E-state index contributed by atoms with van der Waals surface area (Å²) in [6.07, 6.45) is 0.595. The number of ether oxygens (including phenoxy) is 1. The summed E-state index contributed by atoms with van der Waals surface area (Å²) in [5, 5.41) is 22.0. The van der Waals surface area contributed by atoms with Crippen LogP contribution in [0.5, 0.6) is 5.75 Å². The summed E-state index contributed by atoms with van der Waals surface area (Å²) < 4.78 is 25.3. The number of halogens is 1. The number of benzene rings is 2. The van der Waals surface area contributed by atoms with Crippen LogP contribution in [0, 0.1) is 12.7 Å². The Bertz CT molecular complexity index is 1490. The van der Waals surface area contributed by atoms with Crippen LogP contribution in [0.3, 0.4) is 0 Å². The van der Waals surface area contributed by atoms with Crippen LogP contribution in [-0.4, -0.2) is 50.4 Å². The van der Waals surface area contributed by atoms with Gasteiger partial charge in [0.1, 0.15) is 34.5 Å². The molecule has 0 aliphatic carbocycles. The number of carboxylic acids is 1. The molecular formula is C28H26FN3O6S. The zero-order chi connectivity index (χ0) is 27.9. The summed E-state index contributed by atoms with van der Waals surface area (Å²) in [6.45, 7) is 4.48. The summed E-state index contributed by atoms with van der Waals surface area (Å²) in [7, 11) is 0. The summed E-state index contributed by atoms with van der Waals surface area (Å²) in [5.41, 5.74) is -0.176. The van der Waals surface area contributed by atoms with Crippen molar-refractivity contribution < 1.29 is 33.3 Å². The summed E-state index contributed by atoms with van der Waals surface area (Å²) in [5.74, 6) is -1.60. The number of carbonyl (C=O) groups is 2. The van der Waals surface area contributed by atoms with Gasteiger partial charge in [-0.15, -0.1) is 11.3 Å². The third-order valence-corrected chi connectivity index (χ3v) is 8.03. The second-order valence-electron chi connectivity index (χ2n) is 9.58. The van der Waals surface area contributed by atoms with Crippen LogP contribution in [0.1, 0.15) is 41.4 Å². The van der Waals surface area contributed by atoms with Gasteiger partial charge >= 0.3 is 5.97 Å². The van der Waals surface area contributed by atoms with Gasteiger partial charge in [-0.2, -0.15) is 0 Å². The first-order valence-corrected chi connectivity index (χ1v) is 12.9. The average molecular weight is 552 g/mol. The highest BCUT2D eigenvalue weighted by Crippen LogP contribution is 2.47. The van der Waals surface area contributed by atoms with Gasteiger partial charge in [0.25, 0.3) is 5.91 Å². The molecule has 202 valence electrons. The number of nitrogens with zero attached hydrogens (tertiary/aromatic N) is 3. The van der Waals surface area contributed by atoms with Gasteiger partial charge in [-0.1, -0.05) is 30.3 Å². The van der Waals surface area contributed by atoms with Crippen LogP contribution in [0.2, 0.25) is 0 Å². The molecule has 0 saturated heterocycles. The molecule has 0 saturated carbocycles. The van der Waals surface area contributed by atoms with E-state index in [-0.39, 0.29) is 12.1 Å². The number of carboxylic acid groups (broad SMARTS) is 1. The van der Waals surface area contributed by atoms with Crippen molar-refractivity contribution in [3.05, 3.63) is 89.6 Å². The number of anilines is 1. The van der Waals surface area contributed by atoms with Crippen LogP contribution in [0.4, 0.5) is 9.39 Å². The van der Waals surface area contributed by atoms with Crippen molar-refractivity contribution >= 4 is 28.2 Å². The molecule has 0 radical (unpaired) electrons. The number of fused-ring (bicyclic) bond motifs is 1. The van der Waals surface area contributed by atoms with E-state index < -0.39 is 35.7 Å². The fourth-order valence-corrected chi connectivity index (χ4v) is 5.78. The first kappa shape index (κ1) is 26.4. The van der Waals surface area contributed by atoms with E-state index in [0.717, 1.165) is 10.5 Å². The van der Waals surface area contributed by atoms with Gasteiger partial charge < -0.3 is 24.3 Å². The zero-order valence-electron chi connectivity index (χ0n) is 21.4. The Balaban J connectivity index is 1.63. The van der Waals surface area contributed by atoms with Gasteiger partial charge in [-0.05, 0) is 56.2 Å². The monoisotopic (exact) mass is 551 g/mol. The molecule has 2 atom stereocenters. The molecule has 39 heavy (non-hydrogen) atoms. The topological polar surface area (TPSA) is 116 Å². The predicted octanol–water partition coefficient (Wildman–Crippen LogP) is 5.07. The Kier molecular flexibility index (Phi) is 6.87. The second kappa shape index (κ2) is 10.2. The lowest BCUT2D eigenvalue weighted by Crippen LogP contribution is -2.65. The molecule has 1 aliphatic heterocycles. The summed E-state index contributed by atoms with van der Waals surface area (Å²) >= 11 is 1.21. The van der Waals surface area contributed by atoms with Crippen molar-refractivity contribution in [2.24, 2.45) is 0 Å². The number of thiophene rings is 1. The van der Waals surface area contributed by atoms with Gasteiger partial charge in [0.05, 0.1) is 23.2 Å². The molecule has 3 heterocycles. The van der Waals surface area contributed by atoms with Gasteiger partial charge in [-0.3, -0.25) is 9.69 Å². The van der Waals surface area contributed by atoms with Crippen LogP contribution >= 0.6 is 11.3 Å². The lowest BCUT2D eigenvalue weighted by Gasteiger charge is -2.47. The van der Waals surface area contributed by atoms with Gasteiger partial charge in [-0.25, -0.2) is 14.2 Å². The number of aliphatic hydroxyl groups excluding tert-OH is 1. The third kappa shape index (κ3) is 4.75. The second-order valence-corrected chi connectivity index (χ2v) is 10.6. The van der Waals surface area contributed by atoms with Crippen molar-refractivity contribution in [1.82, 2.24) is 9.88 Å². The molecule has 1 amide bonds. The van der Waals surface area contributed by atoms with E-state index in [1.165, 1.54) is 61.9 Å². The van der Waals surface area contributed by atoms with Crippen molar-refractivity contribution in [3.8, 4) is 16.5 Å². The van der Waals surface area contributed by atoms with Crippen molar-refractivity contribution in [2.75, 3.05) is 11.4 Å².